The second-order valence-corrected chi connectivity index (χ2v) is 7.44. The second-order valence-electron chi connectivity index (χ2n) is 7.44. The summed E-state index contributed by atoms with van der Waals surface area (Å²) in [5.41, 5.74) is 2.29. The van der Waals surface area contributed by atoms with Crippen LogP contribution in [0.5, 0.6) is 11.5 Å². The van der Waals surface area contributed by atoms with E-state index < -0.39 is 5.91 Å². The third-order valence-electron chi connectivity index (χ3n) is 4.78. The molecule has 27 heavy (non-hydrogen) atoms. The van der Waals surface area contributed by atoms with Gasteiger partial charge in [-0.1, -0.05) is 19.0 Å². The molecule has 1 amide bonds. The molecule has 0 bridgehead atoms. The van der Waals surface area contributed by atoms with Crippen LogP contribution in [0.15, 0.2) is 27.8 Å². The first-order chi connectivity index (χ1) is 12.8. The Morgan fingerprint density at radius 2 is 2.00 bits per heavy atom. The summed E-state index contributed by atoms with van der Waals surface area (Å²) in [5.74, 6) is 1.57. The van der Waals surface area contributed by atoms with Crippen LogP contribution < -0.4 is 14.8 Å². The fourth-order valence-corrected chi connectivity index (χ4v) is 3.51. The van der Waals surface area contributed by atoms with Gasteiger partial charge in [0.1, 0.15) is 17.3 Å². The Morgan fingerprint density at radius 3 is 2.63 bits per heavy atom. The maximum atomic E-state index is 12.9. The second kappa shape index (κ2) is 6.98. The molecule has 1 aliphatic carbocycles. The molecule has 1 heterocycles. The number of anilines is 1. The lowest BCUT2D eigenvalue weighted by molar-refractivity contribution is 0.0992. The first-order valence-electron chi connectivity index (χ1n) is 8.66. The standard InChI is InChI=1S/C20H24N2O5/c1-11-17-14(22-24)9-20(2,3)10-16(17)27-18(11)19(23)21-13-8-12(25-4)6-7-15(13)26-5/h6-8,24H,9-10H2,1-5H3,(H,21,23). The van der Waals surface area contributed by atoms with Crippen LogP contribution in [0.3, 0.4) is 0 Å². The van der Waals surface area contributed by atoms with Gasteiger partial charge in [-0.2, -0.15) is 0 Å². The molecule has 0 spiro atoms. The third-order valence-corrected chi connectivity index (χ3v) is 4.78. The number of hydrogen-bond donors (Lipinski definition) is 2. The molecule has 0 saturated heterocycles. The van der Waals surface area contributed by atoms with E-state index in [2.05, 4.69) is 24.3 Å². The quantitative estimate of drug-likeness (QED) is 0.625. The summed E-state index contributed by atoms with van der Waals surface area (Å²) < 4.78 is 16.4. The molecule has 0 aliphatic heterocycles. The van der Waals surface area contributed by atoms with Crippen molar-refractivity contribution in [2.45, 2.75) is 33.6 Å². The molecule has 2 N–H and O–H groups in total. The van der Waals surface area contributed by atoms with Crippen molar-refractivity contribution < 1.29 is 23.9 Å². The minimum absolute atomic E-state index is 0.109. The van der Waals surface area contributed by atoms with Crippen LogP contribution in [0.2, 0.25) is 0 Å². The SMILES string of the molecule is COc1ccc(OC)c(NC(=O)c2oc3c(c2C)C(=NO)CC(C)(C)C3)c1. The fourth-order valence-electron chi connectivity index (χ4n) is 3.51. The van der Waals surface area contributed by atoms with Crippen molar-refractivity contribution >= 4 is 17.3 Å². The normalized spacial score (nSPS) is 16.7. The van der Waals surface area contributed by atoms with Crippen LogP contribution in [0, 0.1) is 12.3 Å². The Morgan fingerprint density at radius 1 is 1.26 bits per heavy atom. The minimum atomic E-state index is -0.399. The molecule has 0 unspecified atom stereocenters. The Bertz CT molecular complexity index is 911. The molecule has 1 aliphatic rings. The van der Waals surface area contributed by atoms with Crippen molar-refractivity contribution in [1.82, 2.24) is 0 Å². The van der Waals surface area contributed by atoms with E-state index in [4.69, 9.17) is 13.9 Å². The molecular formula is C20H24N2O5. The molecule has 0 radical (unpaired) electrons. The van der Waals surface area contributed by atoms with Crippen molar-refractivity contribution in [2.75, 3.05) is 19.5 Å². The third kappa shape index (κ3) is 3.49. The molecule has 0 saturated carbocycles. The average Bonchev–Trinajstić information content (AvgIpc) is 2.96. The van der Waals surface area contributed by atoms with E-state index in [1.807, 2.05) is 0 Å². The zero-order chi connectivity index (χ0) is 19.8. The molecule has 144 valence electrons. The molecule has 2 aromatic rings. The number of nitrogens with zero attached hydrogens (tertiary/aromatic N) is 1. The number of methoxy groups -OCH3 is 2. The molecule has 0 fully saturated rings. The molecule has 1 aromatic heterocycles. The lowest BCUT2D eigenvalue weighted by Gasteiger charge is -2.28. The summed E-state index contributed by atoms with van der Waals surface area (Å²) in [7, 11) is 3.08. The number of fused-ring (bicyclic) bond motifs is 1. The number of carbonyl (C=O) groups is 1. The lowest BCUT2D eigenvalue weighted by atomic mass is 9.75. The Hall–Kier alpha value is -2.96. The monoisotopic (exact) mass is 372 g/mol. The highest BCUT2D eigenvalue weighted by molar-refractivity contribution is 6.09. The van der Waals surface area contributed by atoms with E-state index in [-0.39, 0.29) is 11.2 Å². The number of hydrogen-bond acceptors (Lipinski definition) is 6. The zero-order valence-electron chi connectivity index (χ0n) is 16.2. The molecule has 0 atom stereocenters. The van der Waals surface area contributed by atoms with Crippen LogP contribution >= 0.6 is 0 Å². The van der Waals surface area contributed by atoms with Crippen LogP contribution in [-0.2, 0) is 6.42 Å². The number of amides is 1. The van der Waals surface area contributed by atoms with Gasteiger partial charge in [-0.05, 0) is 30.9 Å². The number of rotatable bonds is 4. The van der Waals surface area contributed by atoms with Gasteiger partial charge in [0.2, 0.25) is 0 Å². The zero-order valence-corrected chi connectivity index (χ0v) is 16.2. The number of ether oxygens (including phenoxy) is 2. The summed E-state index contributed by atoms with van der Waals surface area (Å²) in [4.78, 5) is 12.9. The lowest BCUT2D eigenvalue weighted by Crippen LogP contribution is -2.27. The number of oxime groups is 1. The van der Waals surface area contributed by atoms with E-state index in [9.17, 15) is 10.0 Å². The molecule has 7 heteroatoms. The van der Waals surface area contributed by atoms with Crippen LogP contribution in [0.1, 0.15) is 47.7 Å². The van der Waals surface area contributed by atoms with E-state index in [0.717, 1.165) is 5.56 Å². The highest BCUT2D eigenvalue weighted by atomic mass is 16.5. The summed E-state index contributed by atoms with van der Waals surface area (Å²) in [6.07, 6.45) is 1.28. The topological polar surface area (TPSA) is 93.3 Å². The summed E-state index contributed by atoms with van der Waals surface area (Å²) in [6.45, 7) is 5.93. The molecule has 7 nitrogen and oxygen atoms in total. The van der Waals surface area contributed by atoms with Crippen molar-refractivity contribution in [3.8, 4) is 11.5 Å². The van der Waals surface area contributed by atoms with Gasteiger partial charge in [0, 0.05) is 23.6 Å². The van der Waals surface area contributed by atoms with Gasteiger partial charge in [0.25, 0.3) is 5.91 Å². The smallest absolute Gasteiger partial charge is 0.291 e. The van der Waals surface area contributed by atoms with Crippen LogP contribution in [0.4, 0.5) is 5.69 Å². The van der Waals surface area contributed by atoms with Crippen molar-refractivity contribution in [2.24, 2.45) is 10.6 Å². The van der Waals surface area contributed by atoms with Crippen LogP contribution in [0.25, 0.3) is 0 Å². The predicted octanol–water partition coefficient (Wildman–Crippen LogP) is 4.01. The van der Waals surface area contributed by atoms with Crippen LogP contribution in [-0.4, -0.2) is 31.0 Å². The summed E-state index contributed by atoms with van der Waals surface area (Å²) in [5, 5.41) is 15.7. The average molecular weight is 372 g/mol. The maximum Gasteiger partial charge on any atom is 0.291 e. The molecule has 1 aromatic carbocycles. The van der Waals surface area contributed by atoms with Crippen molar-refractivity contribution in [3.05, 3.63) is 40.8 Å². The first-order valence-corrected chi connectivity index (χ1v) is 8.66. The minimum Gasteiger partial charge on any atom is -0.497 e. The highest BCUT2D eigenvalue weighted by Gasteiger charge is 2.36. The maximum absolute atomic E-state index is 12.9. The Kier molecular flexibility index (Phi) is 4.87. The van der Waals surface area contributed by atoms with E-state index in [1.165, 1.54) is 7.11 Å². The van der Waals surface area contributed by atoms with E-state index in [0.29, 0.717) is 47.1 Å². The van der Waals surface area contributed by atoms with Gasteiger partial charge in [-0.15, -0.1) is 0 Å². The summed E-state index contributed by atoms with van der Waals surface area (Å²) >= 11 is 0. The number of carbonyl (C=O) groups excluding carboxylic acids is 1. The van der Waals surface area contributed by atoms with E-state index >= 15 is 0 Å². The van der Waals surface area contributed by atoms with Gasteiger partial charge in [-0.3, -0.25) is 4.79 Å². The summed E-state index contributed by atoms with van der Waals surface area (Å²) in [6, 6.07) is 5.14. The van der Waals surface area contributed by atoms with Crippen molar-refractivity contribution in [3.63, 3.8) is 0 Å². The molecule has 3 rings (SSSR count). The van der Waals surface area contributed by atoms with Gasteiger partial charge < -0.3 is 24.4 Å². The Balaban J connectivity index is 1.97. The van der Waals surface area contributed by atoms with Gasteiger partial charge in [-0.25, -0.2) is 0 Å². The number of benzene rings is 1. The molecular weight excluding hydrogens is 348 g/mol. The number of furan rings is 1. The highest BCUT2D eigenvalue weighted by Crippen LogP contribution is 2.39. The van der Waals surface area contributed by atoms with Crippen molar-refractivity contribution in [1.29, 1.82) is 0 Å². The van der Waals surface area contributed by atoms with E-state index in [1.54, 1.807) is 32.2 Å². The first kappa shape index (κ1) is 18.8. The fraction of sp³-hybridized carbons (Fsp3) is 0.400. The Labute approximate surface area is 158 Å². The number of nitrogens with one attached hydrogen (secondary N) is 1. The predicted molar refractivity (Wildman–Crippen MR) is 101 cm³/mol. The van der Waals surface area contributed by atoms with Gasteiger partial charge >= 0.3 is 0 Å². The largest absolute Gasteiger partial charge is 0.497 e. The van der Waals surface area contributed by atoms with Gasteiger partial charge in [0.05, 0.1) is 25.6 Å². The van der Waals surface area contributed by atoms with Gasteiger partial charge in [0.15, 0.2) is 5.76 Å².